The molecule has 0 heterocycles. The van der Waals surface area contributed by atoms with Gasteiger partial charge < -0.3 is 0 Å². The molecule has 0 aliphatic rings. The Bertz CT molecular complexity index is 380. The lowest BCUT2D eigenvalue weighted by Crippen LogP contribution is -2.43. The lowest BCUT2D eigenvalue weighted by molar-refractivity contribution is -0.125. The Balaban J connectivity index is 2.90. The molecule has 0 atom stereocenters. The first-order valence-electron chi connectivity index (χ1n) is 5.98. The van der Waals surface area contributed by atoms with Crippen molar-refractivity contribution in [2.45, 2.75) is 39.5 Å². The molecule has 0 spiro atoms. The van der Waals surface area contributed by atoms with Crippen molar-refractivity contribution in [2.24, 2.45) is 11.8 Å². The van der Waals surface area contributed by atoms with Gasteiger partial charge >= 0.3 is 0 Å². The van der Waals surface area contributed by atoms with E-state index in [9.17, 15) is 4.79 Å². The highest BCUT2D eigenvalue weighted by Crippen LogP contribution is 2.24. The first kappa shape index (κ1) is 13.7. The number of hydrazine groups is 1. The molecule has 0 aliphatic heterocycles. The molecule has 0 bridgehead atoms. The number of carbonyl (C=O) groups excluding carboxylic acids is 1. The summed E-state index contributed by atoms with van der Waals surface area (Å²) in [4.78, 5) is 11.7. The second kappa shape index (κ2) is 5.32. The van der Waals surface area contributed by atoms with Crippen molar-refractivity contribution in [2.75, 3.05) is 0 Å². The summed E-state index contributed by atoms with van der Waals surface area (Å²) in [7, 11) is 0. The molecule has 0 saturated heterocycles. The minimum atomic E-state index is -0.592. The van der Waals surface area contributed by atoms with E-state index in [1.54, 1.807) is 0 Å². The van der Waals surface area contributed by atoms with Gasteiger partial charge in [-0.1, -0.05) is 38.1 Å². The number of nitrogens with one attached hydrogen (secondary N) is 1. The van der Waals surface area contributed by atoms with Crippen molar-refractivity contribution in [1.29, 1.82) is 0 Å². The Hall–Kier alpha value is -1.35. The summed E-state index contributed by atoms with van der Waals surface area (Å²) in [5.74, 6) is 5.66. The summed E-state index contributed by atoms with van der Waals surface area (Å²) in [6, 6.07) is 8.18. The highest BCUT2D eigenvalue weighted by molar-refractivity contribution is 5.86. The van der Waals surface area contributed by atoms with Gasteiger partial charge in [-0.05, 0) is 37.3 Å². The molecule has 0 aliphatic carbocycles. The predicted octanol–water partition coefficient (Wildman–Crippen LogP) is 2.15. The van der Waals surface area contributed by atoms with Gasteiger partial charge in [0.2, 0.25) is 5.91 Å². The number of benzene rings is 1. The van der Waals surface area contributed by atoms with Crippen LogP contribution < -0.4 is 11.3 Å². The van der Waals surface area contributed by atoms with E-state index in [0.29, 0.717) is 5.92 Å². The third kappa shape index (κ3) is 3.30. The number of hydrogen-bond donors (Lipinski definition) is 2. The van der Waals surface area contributed by atoms with E-state index < -0.39 is 5.41 Å². The quantitative estimate of drug-likeness (QED) is 0.476. The van der Waals surface area contributed by atoms with Crippen molar-refractivity contribution in [3.63, 3.8) is 0 Å². The minimum Gasteiger partial charge on any atom is -0.294 e. The zero-order chi connectivity index (χ0) is 13.1. The highest BCUT2D eigenvalue weighted by Gasteiger charge is 2.28. The van der Waals surface area contributed by atoms with Gasteiger partial charge in [-0.3, -0.25) is 10.2 Å². The fourth-order valence-corrected chi connectivity index (χ4v) is 1.84. The van der Waals surface area contributed by atoms with E-state index in [1.807, 2.05) is 26.0 Å². The Kier molecular flexibility index (Phi) is 4.29. The van der Waals surface area contributed by atoms with E-state index in [2.05, 4.69) is 31.4 Å². The number of hydrogen-bond acceptors (Lipinski definition) is 2. The normalized spacial score (nSPS) is 11.6. The van der Waals surface area contributed by atoms with E-state index in [0.717, 1.165) is 12.0 Å². The summed E-state index contributed by atoms with van der Waals surface area (Å²) < 4.78 is 0. The van der Waals surface area contributed by atoms with Crippen LogP contribution in [0.2, 0.25) is 0 Å². The fourth-order valence-electron chi connectivity index (χ4n) is 1.84. The van der Waals surface area contributed by atoms with Gasteiger partial charge in [0.05, 0.1) is 5.41 Å². The SMILES string of the molecule is CC(C)Cc1ccc(C(C)(C)C(=O)NN)cc1. The van der Waals surface area contributed by atoms with Crippen LogP contribution in [0, 0.1) is 5.92 Å². The molecule has 1 rings (SSSR count). The maximum Gasteiger partial charge on any atom is 0.243 e. The Morgan fingerprint density at radius 2 is 1.82 bits per heavy atom. The van der Waals surface area contributed by atoms with Crippen LogP contribution in [0.25, 0.3) is 0 Å². The predicted molar refractivity (Wildman–Crippen MR) is 70.3 cm³/mol. The van der Waals surface area contributed by atoms with Crippen LogP contribution >= 0.6 is 0 Å². The standard InChI is InChI=1S/C14H22N2O/c1-10(2)9-11-5-7-12(8-6-11)14(3,4)13(17)16-15/h5-8,10H,9,15H2,1-4H3,(H,16,17). The van der Waals surface area contributed by atoms with E-state index in [1.165, 1.54) is 5.56 Å². The molecule has 0 unspecified atom stereocenters. The van der Waals surface area contributed by atoms with Crippen molar-refractivity contribution in [3.05, 3.63) is 35.4 Å². The Labute approximate surface area is 103 Å². The second-order valence-corrected chi connectivity index (χ2v) is 5.39. The molecule has 3 N–H and O–H groups in total. The Morgan fingerprint density at radius 3 is 2.24 bits per heavy atom. The molecule has 0 fully saturated rings. The van der Waals surface area contributed by atoms with Crippen LogP contribution in [0.4, 0.5) is 0 Å². The highest BCUT2D eigenvalue weighted by atomic mass is 16.2. The third-order valence-electron chi connectivity index (χ3n) is 3.02. The molecule has 3 nitrogen and oxygen atoms in total. The van der Waals surface area contributed by atoms with E-state index >= 15 is 0 Å². The first-order valence-corrected chi connectivity index (χ1v) is 5.98. The maximum atomic E-state index is 11.7. The number of nitrogens with two attached hydrogens (primary N) is 1. The van der Waals surface area contributed by atoms with Crippen LogP contribution in [-0.2, 0) is 16.6 Å². The number of rotatable bonds is 4. The third-order valence-corrected chi connectivity index (χ3v) is 3.02. The van der Waals surface area contributed by atoms with Crippen LogP contribution in [-0.4, -0.2) is 5.91 Å². The molecule has 3 heteroatoms. The molecule has 0 aromatic heterocycles. The lowest BCUT2D eigenvalue weighted by Gasteiger charge is -2.23. The van der Waals surface area contributed by atoms with Crippen molar-refractivity contribution < 1.29 is 4.79 Å². The topological polar surface area (TPSA) is 55.1 Å². The maximum absolute atomic E-state index is 11.7. The molecular formula is C14H22N2O. The molecule has 0 radical (unpaired) electrons. The molecule has 1 amide bonds. The smallest absolute Gasteiger partial charge is 0.243 e. The van der Waals surface area contributed by atoms with Gasteiger partial charge in [0.15, 0.2) is 0 Å². The van der Waals surface area contributed by atoms with Gasteiger partial charge in [-0.15, -0.1) is 0 Å². The summed E-state index contributed by atoms with van der Waals surface area (Å²) >= 11 is 0. The van der Waals surface area contributed by atoms with Gasteiger partial charge in [-0.25, -0.2) is 5.84 Å². The summed E-state index contributed by atoms with van der Waals surface area (Å²) in [6.07, 6.45) is 1.06. The zero-order valence-corrected chi connectivity index (χ0v) is 11.1. The van der Waals surface area contributed by atoms with Crippen molar-refractivity contribution >= 4 is 5.91 Å². The van der Waals surface area contributed by atoms with Gasteiger partial charge in [-0.2, -0.15) is 0 Å². The van der Waals surface area contributed by atoms with Crippen LogP contribution in [0.3, 0.4) is 0 Å². The number of carbonyl (C=O) groups is 1. The molecule has 94 valence electrons. The monoisotopic (exact) mass is 234 g/mol. The largest absolute Gasteiger partial charge is 0.294 e. The fraction of sp³-hybridized carbons (Fsp3) is 0.500. The Morgan fingerprint density at radius 1 is 1.29 bits per heavy atom. The molecule has 1 aromatic rings. The molecule has 0 saturated carbocycles. The number of amides is 1. The van der Waals surface area contributed by atoms with Crippen LogP contribution in [0.15, 0.2) is 24.3 Å². The van der Waals surface area contributed by atoms with Crippen LogP contribution in [0.5, 0.6) is 0 Å². The van der Waals surface area contributed by atoms with Crippen molar-refractivity contribution in [1.82, 2.24) is 5.43 Å². The van der Waals surface area contributed by atoms with Crippen molar-refractivity contribution in [3.8, 4) is 0 Å². The van der Waals surface area contributed by atoms with E-state index in [-0.39, 0.29) is 5.91 Å². The van der Waals surface area contributed by atoms with Gasteiger partial charge in [0.25, 0.3) is 0 Å². The molecule has 17 heavy (non-hydrogen) atoms. The first-order chi connectivity index (χ1) is 7.87. The van der Waals surface area contributed by atoms with Crippen LogP contribution in [0.1, 0.15) is 38.8 Å². The molecular weight excluding hydrogens is 212 g/mol. The molecule has 1 aromatic carbocycles. The minimum absolute atomic E-state index is 0.172. The van der Waals surface area contributed by atoms with Gasteiger partial charge in [0.1, 0.15) is 0 Å². The van der Waals surface area contributed by atoms with Gasteiger partial charge in [0, 0.05) is 0 Å². The summed E-state index contributed by atoms with van der Waals surface area (Å²) in [5, 5.41) is 0. The summed E-state index contributed by atoms with van der Waals surface area (Å²) in [6.45, 7) is 8.12. The zero-order valence-electron chi connectivity index (χ0n) is 11.1. The average molecular weight is 234 g/mol. The second-order valence-electron chi connectivity index (χ2n) is 5.39. The lowest BCUT2D eigenvalue weighted by atomic mass is 9.83. The van der Waals surface area contributed by atoms with E-state index in [4.69, 9.17) is 5.84 Å². The average Bonchev–Trinajstić information content (AvgIpc) is 2.27. The summed E-state index contributed by atoms with van der Waals surface area (Å²) in [5.41, 5.74) is 3.90.